The number of para-hydroxylation sites is 1. The molecule has 0 spiro atoms. The summed E-state index contributed by atoms with van der Waals surface area (Å²) in [6, 6.07) is 27.2. The van der Waals surface area contributed by atoms with Gasteiger partial charge < -0.3 is 10.8 Å². The van der Waals surface area contributed by atoms with Gasteiger partial charge in [-0.05, 0) is 54.2 Å². The van der Waals surface area contributed by atoms with Crippen LogP contribution in [0.25, 0.3) is 11.1 Å². The number of likely N-dealkylation sites (tertiary alicyclic amines) is 1. The summed E-state index contributed by atoms with van der Waals surface area (Å²) in [6.45, 7) is 2.60. The van der Waals surface area contributed by atoms with Crippen LogP contribution < -0.4 is 10.7 Å². The lowest BCUT2D eigenvalue weighted by molar-refractivity contribution is -0.0333. The van der Waals surface area contributed by atoms with E-state index >= 15 is 0 Å². The summed E-state index contributed by atoms with van der Waals surface area (Å²) in [5.74, 6) is 0. The zero-order valence-corrected chi connectivity index (χ0v) is 19.0. The van der Waals surface area contributed by atoms with Crippen molar-refractivity contribution in [3.63, 3.8) is 0 Å². The van der Waals surface area contributed by atoms with E-state index in [1.54, 1.807) is 0 Å². The lowest BCUT2D eigenvalue weighted by Gasteiger charge is -2.40. The second-order valence-corrected chi connectivity index (χ2v) is 9.35. The molecule has 1 unspecified atom stereocenters. The Morgan fingerprint density at radius 1 is 0.879 bits per heavy atom. The Bertz CT molecular complexity index is 1090. The molecular weight excluding hydrogens is 408 g/mol. The van der Waals surface area contributed by atoms with Crippen molar-refractivity contribution in [1.82, 2.24) is 4.90 Å². The molecule has 0 amide bonds. The molecule has 0 bridgehead atoms. The number of hydrazone groups is 1. The maximum absolute atomic E-state index is 11.4. The third-order valence-electron chi connectivity index (χ3n) is 7.02. The van der Waals surface area contributed by atoms with Crippen molar-refractivity contribution >= 4 is 17.6 Å². The smallest absolute Gasteiger partial charge is 0.0692 e. The van der Waals surface area contributed by atoms with E-state index in [1.807, 2.05) is 30.5 Å². The molecule has 5 rings (SSSR count). The largest absolute Gasteiger partial charge is 0.398 e. The number of rotatable bonds is 6. The summed E-state index contributed by atoms with van der Waals surface area (Å²) in [5, 5.41) is 18.1. The van der Waals surface area contributed by atoms with Crippen molar-refractivity contribution in [2.75, 3.05) is 23.8 Å². The van der Waals surface area contributed by atoms with Crippen molar-refractivity contribution in [2.24, 2.45) is 5.10 Å². The normalized spacial score (nSPS) is 20.3. The van der Waals surface area contributed by atoms with Gasteiger partial charge in [-0.25, -0.2) is 0 Å². The van der Waals surface area contributed by atoms with Crippen LogP contribution in [-0.2, 0) is 6.54 Å². The molecule has 2 aliphatic rings. The Balaban J connectivity index is 1.20. The molecule has 0 radical (unpaired) electrons. The molecule has 0 aromatic heterocycles. The van der Waals surface area contributed by atoms with Gasteiger partial charge in [0.1, 0.15) is 0 Å². The molecule has 3 aromatic carbocycles. The number of nitrogen functional groups attached to an aromatic ring is 1. The molecule has 2 aliphatic heterocycles. The van der Waals surface area contributed by atoms with Crippen LogP contribution in [0.1, 0.15) is 31.2 Å². The highest BCUT2D eigenvalue weighted by Gasteiger charge is 2.37. The van der Waals surface area contributed by atoms with Gasteiger partial charge in [0.05, 0.1) is 17.3 Å². The number of aliphatic hydroxyl groups is 1. The summed E-state index contributed by atoms with van der Waals surface area (Å²) >= 11 is 0. The monoisotopic (exact) mass is 440 g/mol. The van der Waals surface area contributed by atoms with Gasteiger partial charge in [-0.1, -0.05) is 60.7 Å². The molecular formula is C28H32N4O. The predicted octanol–water partition coefficient (Wildman–Crippen LogP) is 4.92. The van der Waals surface area contributed by atoms with Crippen molar-refractivity contribution in [1.29, 1.82) is 0 Å². The highest BCUT2D eigenvalue weighted by molar-refractivity contribution is 5.70. The van der Waals surface area contributed by atoms with E-state index in [0.717, 1.165) is 62.3 Å². The summed E-state index contributed by atoms with van der Waals surface area (Å²) in [5.41, 5.74) is 11.0. The third kappa shape index (κ3) is 4.95. The van der Waals surface area contributed by atoms with E-state index in [0.29, 0.717) is 0 Å². The summed E-state index contributed by atoms with van der Waals surface area (Å²) in [6.07, 6.45) is 5.13. The lowest BCUT2D eigenvalue weighted by atomic mass is 9.84. The van der Waals surface area contributed by atoms with Crippen molar-refractivity contribution in [2.45, 2.75) is 43.9 Å². The molecule has 3 aromatic rings. The Morgan fingerprint density at radius 2 is 1.55 bits per heavy atom. The second kappa shape index (κ2) is 9.38. The Labute approximate surface area is 196 Å². The standard InChI is InChI=1S/C28H32N4O/c29-27-9-5-4-8-24(27)21-31-18-15-28(33,16-19-31)20-26-14-17-30-32(26)25-12-10-23(11-13-25)22-6-2-1-3-7-22/h1-13,17,26,33H,14-16,18-21,29H2. The first-order chi connectivity index (χ1) is 16.1. The molecule has 0 aliphatic carbocycles. The van der Waals surface area contributed by atoms with Crippen molar-refractivity contribution in [3.05, 3.63) is 84.4 Å². The number of benzene rings is 3. The van der Waals surface area contributed by atoms with E-state index in [9.17, 15) is 5.11 Å². The van der Waals surface area contributed by atoms with Crippen LogP contribution in [0.3, 0.4) is 0 Å². The first-order valence-electron chi connectivity index (χ1n) is 11.8. The quantitative estimate of drug-likeness (QED) is 0.534. The van der Waals surface area contributed by atoms with Gasteiger partial charge in [0.25, 0.3) is 0 Å². The molecule has 3 N–H and O–H groups in total. The zero-order valence-electron chi connectivity index (χ0n) is 19.0. The van der Waals surface area contributed by atoms with Crippen LogP contribution >= 0.6 is 0 Å². The molecule has 5 nitrogen and oxygen atoms in total. The Kier molecular flexibility index (Phi) is 6.16. The second-order valence-electron chi connectivity index (χ2n) is 9.35. The van der Waals surface area contributed by atoms with Gasteiger partial charge in [-0.2, -0.15) is 5.10 Å². The van der Waals surface area contributed by atoms with Crippen LogP contribution in [0.4, 0.5) is 11.4 Å². The average molecular weight is 441 g/mol. The summed E-state index contributed by atoms with van der Waals surface area (Å²) in [7, 11) is 0. The number of nitrogens with zero attached hydrogens (tertiary/aromatic N) is 3. The van der Waals surface area contributed by atoms with Crippen LogP contribution in [-0.4, -0.2) is 41.0 Å². The van der Waals surface area contributed by atoms with Crippen molar-refractivity contribution < 1.29 is 5.11 Å². The molecule has 1 atom stereocenters. The first-order valence-corrected chi connectivity index (χ1v) is 11.8. The van der Waals surface area contributed by atoms with E-state index in [1.165, 1.54) is 11.1 Å². The van der Waals surface area contributed by atoms with Crippen LogP contribution in [0.15, 0.2) is 84.0 Å². The molecule has 1 fully saturated rings. The van der Waals surface area contributed by atoms with Gasteiger partial charge in [-0.3, -0.25) is 9.91 Å². The van der Waals surface area contributed by atoms with E-state index in [2.05, 4.69) is 69.6 Å². The maximum atomic E-state index is 11.4. The average Bonchev–Trinajstić information content (AvgIpc) is 3.30. The number of anilines is 2. The number of nitrogens with two attached hydrogens (primary N) is 1. The van der Waals surface area contributed by atoms with Crippen LogP contribution in [0.5, 0.6) is 0 Å². The van der Waals surface area contributed by atoms with Crippen LogP contribution in [0, 0.1) is 0 Å². The SMILES string of the molecule is Nc1ccccc1CN1CCC(O)(CC2CC=NN2c2ccc(-c3ccccc3)cc2)CC1. The van der Waals surface area contributed by atoms with Gasteiger partial charge in [0, 0.05) is 38.0 Å². The van der Waals surface area contributed by atoms with E-state index in [4.69, 9.17) is 5.73 Å². The van der Waals surface area contributed by atoms with E-state index < -0.39 is 5.60 Å². The van der Waals surface area contributed by atoms with Gasteiger partial charge >= 0.3 is 0 Å². The summed E-state index contributed by atoms with van der Waals surface area (Å²) in [4.78, 5) is 2.39. The minimum atomic E-state index is -0.653. The molecule has 1 saturated heterocycles. The number of hydrogen-bond acceptors (Lipinski definition) is 5. The van der Waals surface area contributed by atoms with Gasteiger partial charge in [-0.15, -0.1) is 0 Å². The number of hydrogen-bond donors (Lipinski definition) is 2. The minimum Gasteiger partial charge on any atom is -0.398 e. The zero-order chi connectivity index (χ0) is 22.7. The molecule has 2 heterocycles. The molecule has 170 valence electrons. The highest BCUT2D eigenvalue weighted by atomic mass is 16.3. The summed E-state index contributed by atoms with van der Waals surface area (Å²) < 4.78 is 0. The van der Waals surface area contributed by atoms with E-state index in [-0.39, 0.29) is 6.04 Å². The maximum Gasteiger partial charge on any atom is 0.0692 e. The molecule has 5 heteroatoms. The first kappa shape index (κ1) is 21.7. The fourth-order valence-electron chi connectivity index (χ4n) is 5.02. The van der Waals surface area contributed by atoms with Gasteiger partial charge in [0.2, 0.25) is 0 Å². The number of piperidine rings is 1. The topological polar surface area (TPSA) is 65.1 Å². The fourth-order valence-corrected chi connectivity index (χ4v) is 5.02. The third-order valence-corrected chi connectivity index (χ3v) is 7.02. The Morgan fingerprint density at radius 3 is 2.27 bits per heavy atom. The van der Waals surface area contributed by atoms with Crippen molar-refractivity contribution in [3.8, 4) is 11.1 Å². The Hall–Kier alpha value is -3.15. The fraction of sp³-hybridized carbons (Fsp3) is 0.321. The van der Waals surface area contributed by atoms with Gasteiger partial charge in [0.15, 0.2) is 0 Å². The predicted molar refractivity (Wildman–Crippen MR) is 136 cm³/mol. The lowest BCUT2D eigenvalue weighted by Crippen LogP contribution is -2.47. The van der Waals surface area contributed by atoms with Crippen LogP contribution in [0.2, 0.25) is 0 Å². The highest BCUT2D eigenvalue weighted by Crippen LogP contribution is 2.34. The molecule has 0 saturated carbocycles. The molecule has 33 heavy (non-hydrogen) atoms. The minimum absolute atomic E-state index is 0.189.